The topological polar surface area (TPSA) is 122 Å². The fraction of sp³-hybridized carbons (Fsp3) is 0.208. The lowest BCUT2D eigenvalue weighted by molar-refractivity contribution is 0.0730. The van der Waals surface area contributed by atoms with Crippen molar-refractivity contribution in [1.82, 2.24) is 4.31 Å². The first-order chi connectivity index (χ1) is 16.7. The predicted molar refractivity (Wildman–Crippen MR) is 132 cm³/mol. The zero-order chi connectivity index (χ0) is 25.1. The Bertz CT molecular complexity index is 1420. The van der Waals surface area contributed by atoms with Gasteiger partial charge >= 0.3 is 0 Å². The summed E-state index contributed by atoms with van der Waals surface area (Å²) in [5.74, 6) is -0.452. The van der Waals surface area contributed by atoms with Crippen molar-refractivity contribution < 1.29 is 26.4 Å². The van der Waals surface area contributed by atoms with Crippen molar-refractivity contribution in [2.24, 2.45) is 0 Å². The number of sulfonamides is 2. The molecule has 1 amide bonds. The monoisotopic (exact) mass is 515 g/mol. The first kappa shape index (κ1) is 24.9. The fourth-order valence-corrected chi connectivity index (χ4v) is 6.19. The van der Waals surface area contributed by atoms with Crippen LogP contribution >= 0.6 is 0 Å². The molecule has 0 atom stereocenters. The standard InChI is InChI=1S/C24H25N3O6S2/c1-18-22(8-5-9-23(18)26-34(29,30)20-6-3-2-4-7-20)24(28)25-19-10-12-21(13-11-19)35(31,32)27-14-16-33-17-15-27/h2-13,26H,14-17H2,1H3,(H,25,28). The van der Waals surface area contributed by atoms with E-state index in [9.17, 15) is 21.6 Å². The van der Waals surface area contributed by atoms with Crippen LogP contribution in [0, 0.1) is 6.92 Å². The lowest BCUT2D eigenvalue weighted by Crippen LogP contribution is -2.40. The summed E-state index contributed by atoms with van der Waals surface area (Å²) in [6, 6.07) is 18.6. The highest BCUT2D eigenvalue weighted by Crippen LogP contribution is 2.24. The first-order valence-corrected chi connectivity index (χ1v) is 13.8. The van der Waals surface area contributed by atoms with Crippen molar-refractivity contribution in [2.75, 3.05) is 36.3 Å². The van der Waals surface area contributed by atoms with E-state index in [1.807, 2.05) is 0 Å². The molecule has 1 saturated heterocycles. The number of morpholine rings is 1. The predicted octanol–water partition coefficient (Wildman–Crippen LogP) is 3.07. The van der Waals surface area contributed by atoms with Crippen LogP contribution in [0.1, 0.15) is 15.9 Å². The number of carbonyl (C=O) groups excluding carboxylic acids is 1. The number of hydrogen-bond donors (Lipinski definition) is 2. The molecule has 0 saturated carbocycles. The molecule has 0 spiro atoms. The largest absolute Gasteiger partial charge is 0.379 e. The zero-order valence-electron chi connectivity index (χ0n) is 19.0. The van der Waals surface area contributed by atoms with Crippen molar-refractivity contribution in [1.29, 1.82) is 0 Å². The maximum atomic E-state index is 12.9. The van der Waals surface area contributed by atoms with Crippen LogP contribution in [0.3, 0.4) is 0 Å². The Kier molecular flexibility index (Phi) is 7.22. The van der Waals surface area contributed by atoms with E-state index >= 15 is 0 Å². The highest BCUT2D eigenvalue weighted by atomic mass is 32.2. The van der Waals surface area contributed by atoms with Crippen LogP contribution in [0.4, 0.5) is 11.4 Å². The molecule has 9 nitrogen and oxygen atoms in total. The van der Waals surface area contributed by atoms with Crippen LogP contribution < -0.4 is 10.0 Å². The molecule has 4 rings (SSSR count). The Hall–Kier alpha value is -3.25. The van der Waals surface area contributed by atoms with Crippen molar-refractivity contribution in [3.05, 3.63) is 83.9 Å². The molecule has 1 fully saturated rings. The van der Waals surface area contributed by atoms with Gasteiger partial charge in [-0.3, -0.25) is 9.52 Å². The Morgan fingerprint density at radius 2 is 1.49 bits per heavy atom. The van der Waals surface area contributed by atoms with Gasteiger partial charge in [-0.15, -0.1) is 0 Å². The van der Waals surface area contributed by atoms with E-state index in [0.29, 0.717) is 37.6 Å². The van der Waals surface area contributed by atoms with E-state index in [4.69, 9.17) is 4.74 Å². The minimum Gasteiger partial charge on any atom is -0.379 e. The number of anilines is 2. The second kappa shape index (κ2) is 10.2. The number of carbonyl (C=O) groups is 1. The summed E-state index contributed by atoms with van der Waals surface area (Å²) < 4.78 is 60.0. The molecule has 1 heterocycles. The zero-order valence-corrected chi connectivity index (χ0v) is 20.6. The minimum absolute atomic E-state index is 0.112. The Morgan fingerprint density at radius 3 is 2.14 bits per heavy atom. The van der Waals surface area contributed by atoms with Gasteiger partial charge in [0.2, 0.25) is 10.0 Å². The normalized spacial score (nSPS) is 14.9. The molecule has 0 radical (unpaired) electrons. The van der Waals surface area contributed by atoms with E-state index < -0.39 is 26.0 Å². The number of ether oxygens (including phenoxy) is 1. The van der Waals surface area contributed by atoms with Crippen molar-refractivity contribution in [2.45, 2.75) is 16.7 Å². The molecule has 35 heavy (non-hydrogen) atoms. The summed E-state index contributed by atoms with van der Waals surface area (Å²) in [7, 11) is -7.45. The summed E-state index contributed by atoms with van der Waals surface area (Å²) >= 11 is 0. The summed E-state index contributed by atoms with van der Waals surface area (Å²) in [6.45, 7) is 2.95. The quantitative estimate of drug-likeness (QED) is 0.499. The SMILES string of the molecule is Cc1c(NS(=O)(=O)c2ccccc2)cccc1C(=O)Nc1ccc(S(=O)(=O)N2CCOCC2)cc1. The molecule has 3 aromatic rings. The Balaban J connectivity index is 1.49. The molecule has 3 aromatic carbocycles. The molecule has 0 unspecified atom stereocenters. The molecular formula is C24H25N3O6S2. The van der Waals surface area contributed by atoms with Gasteiger partial charge < -0.3 is 10.1 Å². The maximum absolute atomic E-state index is 12.9. The second-order valence-electron chi connectivity index (χ2n) is 7.89. The van der Waals surface area contributed by atoms with Gasteiger partial charge in [0.1, 0.15) is 0 Å². The molecular weight excluding hydrogens is 490 g/mol. The van der Waals surface area contributed by atoms with Crippen molar-refractivity contribution in [3.8, 4) is 0 Å². The third kappa shape index (κ3) is 5.54. The van der Waals surface area contributed by atoms with Crippen molar-refractivity contribution in [3.63, 3.8) is 0 Å². The van der Waals surface area contributed by atoms with E-state index in [1.165, 1.54) is 40.7 Å². The molecule has 0 aromatic heterocycles. The van der Waals surface area contributed by atoms with Gasteiger partial charge in [0.05, 0.1) is 28.7 Å². The minimum atomic E-state index is -3.82. The summed E-state index contributed by atoms with van der Waals surface area (Å²) in [4.78, 5) is 13.2. The van der Waals surface area contributed by atoms with Crippen LogP contribution in [0.5, 0.6) is 0 Å². The van der Waals surface area contributed by atoms with Crippen LogP contribution in [-0.4, -0.2) is 53.4 Å². The smallest absolute Gasteiger partial charge is 0.261 e. The molecule has 2 N–H and O–H groups in total. The van der Waals surface area contributed by atoms with Crippen LogP contribution in [0.15, 0.2) is 82.6 Å². The number of nitrogens with zero attached hydrogens (tertiary/aromatic N) is 1. The fourth-order valence-electron chi connectivity index (χ4n) is 3.64. The molecule has 0 aliphatic carbocycles. The number of nitrogens with one attached hydrogen (secondary N) is 2. The van der Waals surface area contributed by atoms with Gasteiger partial charge in [0, 0.05) is 24.3 Å². The third-order valence-electron chi connectivity index (χ3n) is 5.60. The van der Waals surface area contributed by atoms with E-state index in [2.05, 4.69) is 10.0 Å². The van der Waals surface area contributed by atoms with E-state index in [0.717, 1.165) is 0 Å². The van der Waals surface area contributed by atoms with Gasteiger partial charge in [-0.2, -0.15) is 4.31 Å². The van der Waals surface area contributed by atoms with Gasteiger partial charge in [0.25, 0.3) is 15.9 Å². The average molecular weight is 516 g/mol. The van der Waals surface area contributed by atoms with Gasteiger partial charge in [0.15, 0.2) is 0 Å². The van der Waals surface area contributed by atoms with Crippen molar-refractivity contribution >= 4 is 37.3 Å². The van der Waals surface area contributed by atoms with Crippen LogP contribution in [0.25, 0.3) is 0 Å². The van der Waals surface area contributed by atoms with Gasteiger partial charge in [-0.1, -0.05) is 24.3 Å². The second-order valence-corrected chi connectivity index (χ2v) is 11.5. The Labute approximate surface area is 204 Å². The van der Waals surface area contributed by atoms with E-state index in [-0.39, 0.29) is 21.0 Å². The number of amides is 1. The molecule has 184 valence electrons. The number of hydrogen-bond acceptors (Lipinski definition) is 6. The highest BCUT2D eigenvalue weighted by Gasteiger charge is 2.26. The van der Waals surface area contributed by atoms with Gasteiger partial charge in [-0.05, 0) is 61.0 Å². The molecule has 11 heteroatoms. The lowest BCUT2D eigenvalue weighted by atomic mass is 10.1. The molecule has 0 bridgehead atoms. The summed E-state index contributed by atoms with van der Waals surface area (Å²) in [6.07, 6.45) is 0. The molecule has 1 aliphatic rings. The average Bonchev–Trinajstić information content (AvgIpc) is 2.86. The molecule has 1 aliphatic heterocycles. The number of benzene rings is 3. The third-order valence-corrected chi connectivity index (χ3v) is 8.89. The van der Waals surface area contributed by atoms with E-state index in [1.54, 1.807) is 43.3 Å². The number of rotatable bonds is 7. The van der Waals surface area contributed by atoms with Gasteiger partial charge in [-0.25, -0.2) is 16.8 Å². The van der Waals surface area contributed by atoms with Crippen LogP contribution in [-0.2, 0) is 24.8 Å². The first-order valence-electron chi connectivity index (χ1n) is 10.9. The lowest BCUT2D eigenvalue weighted by Gasteiger charge is -2.26. The maximum Gasteiger partial charge on any atom is 0.261 e. The summed E-state index contributed by atoms with van der Waals surface area (Å²) in [5.41, 5.74) is 1.43. The van der Waals surface area contributed by atoms with Crippen LogP contribution in [0.2, 0.25) is 0 Å². The summed E-state index contributed by atoms with van der Waals surface area (Å²) in [5, 5.41) is 2.73. The Morgan fingerprint density at radius 1 is 0.829 bits per heavy atom. The highest BCUT2D eigenvalue weighted by molar-refractivity contribution is 7.92.